The van der Waals surface area contributed by atoms with Gasteiger partial charge >= 0.3 is 5.97 Å². The fraction of sp³-hybridized carbons (Fsp3) is 0.250. The van der Waals surface area contributed by atoms with E-state index >= 15 is 0 Å². The van der Waals surface area contributed by atoms with E-state index in [1.54, 1.807) is 0 Å². The summed E-state index contributed by atoms with van der Waals surface area (Å²) in [5.74, 6) is -1.62. The van der Waals surface area contributed by atoms with Gasteiger partial charge in [0.25, 0.3) is 0 Å². The highest BCUT2D eigenvalue weighted by atomic mass is 16.7. The summed E-state index contributed by atoms with van der Waals surface area (Å²) < 4.78 is 0.609. The molecule has 1 atom stereocenters. The van der Waals surface area contributed by atoms with Gasteiger partial charge in [-0.05, 0) is 5.56 Å². The van der Waals surface area contributed by atoms with Crippen molar-refractivity contribution < 1.29 is 24.6 Å². The van der Waals surface area contributed by atoms with Crippen LogP contribution in [-0.4, -0.2) is 44.8 Å². The monoisotopic (exact) mass is 316 g/mol. The van der Waals surface area contributed by atoms with E-state index in [0.29, 0.717) is 17.7 Å². The summed E-state index contributed by atoms with van der Waals surface area (Å²) in [6, 6.07) is 12.0. The zero-order chi connectivity index (χ0) is 16.4. The van der Waals surface area contributed by atoms with E-state index in [9.17, 15) is 19.8 Å². The van der Waals surface area contributed by atoms with Crippen molar-refractivity contribution in [1.82, 2.24) is 9.63 Å². The van der Waals surface area contributed by atoms with Gasteiger partial charge in [-0.3, -0.25) is 4.79 Å². The number of hydrogen-bond donors (Lipinski definition) is 2. The molecule has 1 aliphatic heterocycles. The number of rotatable bonds is 4. The Balaban J connectivity index is 1.62. The lowest BCUT2D eigenvalue weighted by Gasteiger charge is -2.16. The summed E-state index contributed by atoms with van der Waals surface area (Å²) in [5.41, 5.74) is 1.05. The van der Waals surface area contributed by atoms with Crippen LogP contribution < -0.4 is 4.84 Å². The number of hydrogen-bond acceptors (Lipinski definition) is 5. The summed E-state index contributed by atoms with van der Waals surface area (Å²) in [6.07, 6.45) is 0.345. The quantitative estimate of drug-likeness (QED) is 0.873. The highest BCUT2D eigenvalue weighted by Crippen LogP contribution is 2.27. The molecule has 0 spiro atoms. The lowest BCUT2D eigenvalue weighted by atomic mass is 9.99. The Bertz CT molecular complexity index is 706. The maximum Gasteiger partial charge on any atom is 0.352 e. The molecule has 1 saturated heterocycles. The third kappa shape index (κ3) is 3.13. The molecule has 1 aromatic carbocycles. The maximum atomic E-state index is 12.0. The average molecular weight is 316 g/mol. The molecule has 1 amide bonds. The van der Waals surface area contributed by atoms with Crippen molar-refractivity contribution in [3.05, 3.63) is 48.0 Å². The Labute approximate surface area is 132 Å². The van der Waals surface area contributed by atoms with Crippen LogP contribution in [0.4, 0.5) is 0 Å². The number of likely N-dealkylation sites (tertiary alicyclic amines) is 1. The smallest absolute Gasteiger partial charge is 0.352 e. The molecule has 0 bridgehead atoms. The zero-order valence-electron chi connectivity index (χ0n) is 12.3. The molecule has 3 rings (SSSR count). The Hall–Kier alpha value is -2.96. The Morgan fingerprint density at radius 2 is 1.78 bits per heavy atom. The fourth-order valence-corrected chi connectivity index (χ4v) is 2.66. The van der Waals surface area contributed by atoms with Gasteiger partial charge in [0.05, 0.1) is 0 Å². The van der Waals surface area contributed by atoms with E-state index in [-0.39, 0.29) is 18.4 Å². The van der Waals surface area contributed by atoms with Gasteiger partial charge in [-0.25, -0.2) is 4.79 Å². The first kappa shape index (κ1) is 15.0. The predicted molar refractivity (Wildman–Crippen MR) is 79.7 cm³/mol. The van der Waals surface area contributed by atoms with Crippen molar-refractivity contribution >= 4 is 11.9 Å². The zero-order valence-corrected chi connectivity index (χ0v) is 12.3. The van der Waals surface area contributed by atoms with E-state index in [1.807, 2.05) is 30.3 Å². The molecule has 7 nitrogen and oxygen atoms in total. The van der Waals surface area contributed by atoms with Crippen LogP contribution in [0, 0.1) is 0 Å². The summed E-state index contributed by atoms with van der Waals surface area (Å²) in [5, 5.41) is 18.9. The first-order valence-electron chi connectivity index (χ1n) is 7.18. The highest BCUT2D eigenvalue weighted by Gasteiger charge is 2.32. The number of carbonyl (C=O) groups excluding carboxylic acids is 2. The third-order valence-electron chi connectivity index (χ3n) is 3.80. The second-order valence-corrected chi connectivity index (χ2v) is 5.39. The van der Waals surface area contributed by atoms with Crippen molar-refractivity contribution in [2.45, 2.75) is 12.3 Å². The molecule has 0 radical (unpaired) electrons. The number of carbonyl (C=O) groups is 2. The van der Waals surface area contributed by atoms with E-state index in [4.69, 9.17) is 4.84 Å². The van der Waals surface area contributed by atoms with Gasteiger partial charge in [0.1, 0.15) is 6.54 Å². The van der Waals surface area contributed by atoms with Gasteiger partial charge in [0.2, 0.25) is 17.7 Å². The van der Waals surface area contributed by atoms with Crippen LogP contribution in [0.1, 0.15) is 17.9 Å². The Morgan fingerprint density at radius 1 is 1.13 bits per heavy atom. The van der Waals surface area contributed by atoms with Gasteiger partial charge in [-0.1, -0.05) is 30.3 Å². The van der Waals surface area contributed by atoms with Crippen molar-refractivity contribution in [2.75, 3.05) is 13.1 Å². The largest absolute Gasteiger partial charge is 0.492 e. The van der Waals surface area contributed by atoms with Gasteiger partial charge in [0, 0.05) is 31.0 Å². The van der Waals surface area contributed by atoms with Crippen LogP contribution in [0.25, 0.3) is 0 Å². The van der Waals surface area contributed by atoms with Crippen LogP contribution in [0.5, 0.6) is 11.8 Å². The molecule has 0 aliphatic carbocycles. The molecular formula is C16H16N2O5. The first-order valence-corrected chi connectivity index (χ1v) is 7.18. The molecule has 1 aliphatic rings. The summed E-state index contributed by atoms with van der Waals surface area (Å²) in [7, 11) is 0. The number of benzene rings is 1. The second kappa shape index (κ2) is 6.04. The van der Waals surface area contributed by atoms with Crippen LogP contribution in [0.15, 0.2) is 42.5 Å². The number of aromatic nitrogens is 1. The van der Waals surface area contributed by atoms with Crippen molar-refractivity contribution in [2.24, 2.45) is 0 Å². The Morgan fingerprint density at radius 3 is 2.43 bits per heavy atom. The molecule has 23 heavy (non-hydrogen) atoms. The maximum absolute atomic E-state index is 12.0. The molecule has 2 heterocycles. The second-order valence-electron chi connectivity index (χ2n) is 5.39. The molecule has 2 aromatic rings. The minimum Gasteiger partial charge on any atom is -0.492 e. The van der Waals surface area contributed by atoms with Crippen molar-refractivity contribution in [3.8, 4) is 11.8 Å². The predicted octanol–water partition coefficient (Wildman–Crippen LogP) is 0.871. The SMILES string of the molecule is O=C(CN1CC(c2ccccc2)CC1=O)On1c(O)ccc1O. The van der Waals surface area contributed by atoms with E-state index < -0.39 is 17.7 Å². The van der Waals surface area contributed by atoms with Gasteiger partial charge in [-0.15, -0.1) is 4.73 Å². The summed E-state index contributed by atoms with van der Waals surface area (Å²) in [4.78, 5) is 30.2. The Kier molecular flexibility index (Phi) is 3.92. The average Bonchev–Trinajstić information content (AvgIpc) is 3.06. The lowest BCUT2D eigenvalue weighted by Crippen LogP contribution is -2.35. The molecule has 2 N–H and O–H groups in total. The van der Waals surface area contributed by atoms with Gasteiger partial charge in [0.15, 0.2) is 0 Å². The van der Waals surface area contributed by atoms with Crippen LogP contribution in [0.2, 0.25) is 0 Å². The molecule has 0 saturated carbocycles. The molecular weight excluding hydrogens is 300 g/mol. The molecule has 1 fully saturated rings. The molecule has 7 heteroatoms. The third-order valence-corrected chi connectivity index (χ3v) is 3.80. The van der Waals surface area contributed by atoms with Crippen LogP contribution in [0.3, 0.4) is 0 Å². The van der Waals surface area contributed by atoms with Crippen molar-refractivity contribution in [1.29, 1.82) is 0 Å². The van der Waals surface area contributed by atoms with Crippen LogP contribution >= 0.6 is 0 Å². The van der Waals surface area contributed by atoms with E-state index in [0.717, 1.165) is 5.56 Å². The topological polar surface area (TPSA) is 92.0 Å². The first-order chi connectivity index (χ1) is 11.0. The molecule has 120 valence electrons. The van der Waals surface area contributed by atoms with Crippen LogP contribution in [-0.2, 0) is 9.59 Å². The number of amides is 1. The van der Waals surface area contributed by atoms with Gasteiger partial charge < -0.3 is 20.0 Å². The molecule has 1 aromatic heterocycles. The highest BCUT2D eigenvalue weighted by molar-refractivity contribution is 5.84. The minimum absolute atomic E-state index is 0.0462. The molecule has 1 unspecified atom stereocenters. The van der Waals surface area contributed by atoms with Gasteiger partial charge in [-0.2, -0.15) is 0 Å². The summed E-state index contributed by atoms with van der Waals surface area (Å²) >= 11 is 0. The summed E-state index contributed by atoms with van der Waals surface area (Å²) in [6.45, 7) is 0.195. The van der Waals surface area contributed by atoms with Crippen molar-refractivity contribution in [3.63, 3.8) is 0 Å². The normalized spacial score (nSPS) is 17.5. The van der Waals surface area contributed by atoms with E-state index in [2.05, 4.69) is 0 Å². The minimum atomic E-state index is -0.742. The standard InChI is InChI=1S/C16H16N2O5/c19-13-6-7-14(20)18(13)23-16(22)10-17-9-12(8-15(17)21)11-4-2-1-3-5-11/h1-7,12,19-20H,8-10H2. The fourth-order valence-electron chi connectivity index (χ4n) is 2.66. The number of nitrogens with zero attached hydrogens (tertiary/aromatic N) is 2. The van der Waals surface area contributed by atoms with E-state index in [1.165, 1.54) is 17.0 Å². The lowest BCUT2D eigenvalue weighted by molar-refractivity contribution is -0.149. The number of aromatic hydroxyl groups is 2.